The summed E-state index contributed by atoms with van der Waals surface area (Å²) in [5, 5.41) is 12.0. The van der Waals surface area contributed by atoms with Gasteiger partial charge in [-0.1, -0.05) is 24.7 Å². The number of carbonyl (C=O) groups is 2. The number of alkyl halides is 2. The predicted octanol–water partition coefficient (Wildman–Crippen LogP) is 2.94. The Labute approximate surface area is 163 Å². The van der Waals surface area contributed by atoms with Gasteiger partial charge in [0.15, 0.2) is 5.78 Å². The minimum Gasteiger partial charge on any atom is -0.382 e. The van der Waals surface area contributed by atoms with E-state index >= 15 is 0 Å². The van der Waals surface area contributed by atoms with Crippen molar-refractivity contribution >= 4 is 11.7 Å². The molecule has 148 valence electrons. The standard InChI is InChI=1S/C22H23F2NO3/c1-15(26)19(22(2,28)21(23)24)25-20(27)18-13-11-17(12-14-18)10-6-5-9-16-7-3-4-8-16/h11-14,16,19,21,28H,3-4,7-8H2,1-2H3,(H,25,27)/t19-,22+/m1/s1. The number of rotatable bonds is 5. The van der Waals surface area contributed by atoms with Crippen LogP contribution in [0.4, 0.5) is 8.78 Å². The van der Waals surface area contributed by atoms with E-state index in [1.807, 2.05) is 0 Å². The van der Waals surface area contributed by atoms with Gasteiger partial charge in [0, 0.05) is 17.0 Å². The summed E-state index contributed by atoms with van der Waals surface area (Å²) >= 11 is 0. The van der Waals surface area contributed by atoms with Crippen LogP contribution in [0.1, 0.15) is 55.5 Å². The lowest BCUT2D eigenvalue weighted by Gasteiger charge is -2.30. The molecule has 0 spiro atoms. The Balaban J connectivity index is 2.04. The van der Waals surface area contributed by atoms with Crippen LogP contribution < -0.4 is 5.32 Å². The zero-order valence-electron chi connectivity index (χ0n) is 15.9. The molecule has 1 fully saturated rings. The molecule has 2 N–H and O–H groups in total. The summed E-state index contributed by atoms with van der Waals surface area (Å²) in [4.78, 5) is 23.9. The van der Waals surface area contributed by atoms with Crippen LogP contribution in [0.15, 0.2) is 24.3 Å². The number of amides is 1. The third-order valence-corrected chi connectivity index (χ3v) is 4.76. The van der Waals surface area contributed by atoms with Crippen molar-refractivity contribution in [2.45, 2.75) is 57.6 Å². The lowest BCUT2D eigenvalue weighted by atomic mass is 9.93. The largest absolute Gasteiger partial charge is 0.382 e. The molecule has 1 amide bonds. The third-order valence-electron chi connectivity index (χ3n) is 4.76. The van der Waals surface area contributed by atoms with Crippen molar-refractivity contribution in [2.75, 3.05) is 0 Å². The molecular weight excluding hydrogens is 364 g/mol. The first-order valence-corrected chi connectivity index (χ1v) is 9.15. The minimum absolute atomic E-state index is 0.166. The summed E-state index contributed by atoms with van der Waals surface area (Å²) in [5.74, 6) is 10.6. The zero-order chi connectivity index (χ0) is 20.7. The van der Waals surface area contributed by atoms with Crippen molar-refractivity contribution < 1.29 is 23.5 Å². The maximum absolute atomic E-state index is 13.0. The van der Waals surface area contributed by atoms with Gasteiger partial charge in [0.25, 0.3) is 12.3 Å². The zero-order valence-corrected chi connectivity index (χ0v) is 15.9. The molecular formula is C22H23F2NO3. The summed E-state index contributed by atoms with van der Waals surface area (Å²) in [7, 11) is 0. The Bertz CT molecular complexity index is 833. The lowest BCUT2D eigenvalue weighted by molar-refractivity contribution is -0.138. The second-order valence-corrected chi connectivity index (χ2v) is 7.12. The van der Waals surface area contributed by atoms with Crippen LogP contribution in [0, 0.1) is 29.6 Å². The van der Waals surface area contributed by atoms with Gasteiger partial charge in [0.2, 0.25) is 0 Å². The van der Waals surface area contributed by atoms with Gasteiger partial charge in [0.05, 0.1) is 0 Å². The number of nitrogens with one attached hydrogen (secondary N) is 1. The van der Waals surface area contributed by atoms with Crippen LogP contribution in [0.3, 0.4) is 0 Å². The van der Waals surface area contributed by atoms with Crippen LogP contribution in [0.25, 0.3) is 0 Å². The minimum atomic E-state index is -3.19. The van der Waals surface area contributed by atoms with Crippen molar-refractivity contribution in [2.24, 2.45) is 5.92 Å². The molecule has 1 aromatic rings. The smallest absolute Gasteiger partial charge is 0.269 e. The molecule has 1 aliphatic carbocycles. The molecule has 0 unspecified atom stereocenters. The van der Waals surface area contributed by atoms with E-state index in [0.717, 1.165) is 26.7 Å². The molecule has 0 aliphatic heterocycles. The van der Waals surface area contributed by atoms with Crippen LogP contribution in [0.5, 0.6) is 0 Å². The third kappa shape index (κ3) is 5.65. The van der Waals surface area contributed by atoms with E-state index in [2.05, 4.69) is 29.0 Å². The average molecular weight is 387 g/mol. The van der Waals surface area contributed by atoms with Gasteiger partial charge >= 0.3 is 0 Å². The highest BCUT2D eigenvalue weighted by molar-refractivity contribution is 5.98. The van der Waals surface area contributed by atoms with E-state index in [0.29, 0.717) is 11.5 Å². The van der Waals surface area contributed by atoms with E-state index in [-0.39, 0.29) is 5.56 Å². The van der Waals surface area contributed by atoms with E-state index in [1.54, 1.807) is 12.1 Å². The Morgan fingerprint density at radius 2 is 1.79 bits per heavy atom. The Morgan fingerprint density at radius 3 is 2.32 bits per heavy atom. The first-order valence-electron chi connectivity index (χ1n) is 9.15. The molecule has 1 saturated carbocycles. The molecule has 6 heteroatoms. The summed E-state index contributed by atoms with van der Waals surface area (Å²) in [6.45, 7) is 1.85. The molecule has 1 aromatic carbocycles. The highest BCUT2D eigenvalue weighted by Gasteiger charge is 2.44. The maximum atomic E-state index is 13.0. The number of benzene rings is 1. The van der Waals surface area contributed by atoms with Crippen molar-refractivity contribution in [1.82, 2.24) is 5.32 Å². The summed E-state index contributed by atoms with van der Waals surface area (Å²) in [5.41, 5.74) is -1.84. The summed E-state index contributed by atoms with van der Waals surface area (Å²) < 4.78 is 26.0. The topological polar surface area (TPSA) is 66.4 Å². The number of hydrogen-bond acceptors (Lipinski definition) is 3. The first-order chi connectivity index (χ1) is 13.2. The summed E-state index contributed by atoms with van der Waals surface area (Å²) in [6, 6.07) is 4.43. The summed E-state index contributed by atoms with van der Waals surface area (Å²) in [6.07, 6.45) is 1.49. The number of carbonyl (C=O) groups excluding carboxylic acids is 2. The van der Waals surface area contributed by atoms with Gasteiger partial charge in [-0.2, -0.15) is 0 Å². The van der Waals surface area contributed by atoms with E-state index in [4.69, 9.17) is 0 Å². The molecule has 0 radical (unpaired) electrons. The highest BCUT2D eigenvalue weighted by atomic mass is 19.3. The van der Waals surface area contributed by atoms with Crippen molar-refractivity contribution in [1.29, 1.82) is 0 Å². The molecule has 2 rings (SSSR count). The van der Waals surface area contributed by atoms with Crippen LogP contribution >= 0.6 is 0 Å². The Morgan fingerprint density at radius 1 is 1.18 bits per heavy atom. The van der Waals surface area contributed by atoms with E-state index < -0.39 is 29.8 Å². The predicted molar refractivity (Wildman–Crippen MR) is 102 cm³/mol. The van der Waals surface area contributed by atoms with Crippen LogP contribution in [-0.2, 0) is 4.79 Å². The van der Waals surface area contributed by atoms with Gasteiger partial charge in [-0.3, -0.25) is 9.59 Å². The van der Waals surface area contributed by atoms with Gasteiger partial charge in [-0.25, -0.2) is 8.78 Å². The van der Waals surface area contributed by atoms with E-state index in [9.17, 15) is 23.5 Å². The number of aliphatic hydroxyl groups is 1. The SMILES string of the molecule is CC(=O)[C@@H](NC(=O)c1ccc(C#CC#CC2CCCC2)cc1)[C@](C)(O)C(F)F. The van der Waals surface area contributed by atoms with Crippen LogP contribution in [-0.4, -0.2) is 34.9 Å². The van der Waals surface area contributed by atoms with Crippen molar-refractivity contribution in [3.8, 4) is 23.7 Å². The molecule has 28 heavy (non-hydrogen) atoms. The highest BCUT2D eigenvalue weighted by Crippen LogP contribution is 2.23. The fourth-order valence-electron chi connectivity index (χ4n) is 3.02. The van der Waals surface area contributed by atoms with Gasteiger partial charge in [0.1, 0.15) is 11.6 Å². The molecule has 4 nitrogen and oxygen atoms in total. The normalized spacial score (nSPS) is 16.9. The lowest BCUT2D eigenvalue weighted by Crippen LogP contribution is -2.58. The molecule has 0 aromatic heterocycles. The molecule has 0 saturated heterocycles. The fourth-order valence-corrected chi connectivity index (χ4v) is 3.02. The van der Waals surface area contributed by atoms with Crippen LogP contribution in [0.2, 0.25) is 0 Å². The van der Waals surface area contributed by atoms with E-state index in [1.165, 1.54) is 25.0 Å². The number of Topliss-reactive ketones (excluding diaryl/α,β-unsaturated/α-hetero) is 1. The molecule has 2 atom stereocenters. The molecule has 0 bridgehead atoms. The Kier molecular flexibility index (Phi) is 7.31. The van der Waals surface area contributed by atoms with Crippen molar-refractivity contribution in [3.63, 3.8) is 0 Å². The average Bonchev–Trinajstić information content (AvgIpc) is 3.16. The molecule has 1 aliphatic rings. The van der Waals surface area contributed by atoms with Gasteiger partial charge in [-0.15, -0.1) is 0 Å². The van der Waals surface area contributed by atoms with Crippen molar-refractivity contribution in [3.05, 3.63) is 35.4 Å². The monoisotopic (exact) mass is 387 g/mol. The second kappa shape index (κ2) is 9.48. The van der Waals surface area contributed by atoms with Gasteiger partial charge in [-0.05, 0) is 62.8 Å². The first kappa shape index (κ1) is 21.6. The Hall–Kier alpha value is -2.70. The fraction of sp³-hybridized carbons (Fsp3) is 0.455. The number of halogens is 2. The quantitative estimate of drug-likeness (QED) is 0.764. The maximum Gasteiger partial charge on any atom is 0.269 e. The second-order valence-electron chi connectivity index (χ2n) is 7.12. The molecule has 0 heterocycles. The number of hydrogen-bond donors (Lipinski definition) is 2. The number of ketones is 1. The van der Waals surface area contributed by atoms with Gasteiger partial charge < -0.3 is 10.4 Å².